The van der Waals surface area contributed by atoms with E-state index in [1.54, 1.807) is 12.1 Å². The number of hydrogen-bond acceptors (Lipinski definition) is 4. The van der Waals surface area contributed by atoms with Crippen LogP contribution in [-0.2, 0) is 4.79 Å². The Bertz CT molecular complexity index is 433. The molecule has 2 N–H and O–H groups in total. The Morgan fingerprint density at radius 1 is 1.39 bits per heavy atom. The number of benzene rings is 1. The topological polar surface area (TPSA) is 76.0 Å². The quantitative estimate of drug-likeness (QED) is 0.842. The summed E-state index contributed by atoms with van der Waals surface area (Å²) in [5, 5.41) is 18.6. The van der Waals surface area contributed by atoms with Crippen molar-refractivity contribution in [1.29, 1.82) is 0 Å². The molecule has 0 fully saturated rings. The van der Waals surface area contributed by atoms with Crippen molar-refractivity contribution in [2.75, 3.05) is 14.2 Å². The van der Waals surface area contributed by atoms with Crippen LogP contribution in [0.1, 0.15) is 24.5 Å². The number of halogens is 1. The highest BCUT2D eigenvalue weighted by Gasteiger charge is 2.19. The molecule has 0 heterocycles. The number of hydrogen-bond donors (Lipinski definition) is 2. The van der Waals surface area contributed by atoms with Crippen LogP contribution in [0.15, 0.2) is 16.6 Å². The third-order valence-corrected chi connectivity index (χ3v) is 3.26. The Hall–Kier alpha value is -1.27. The van der Waals surface area contributed by atoms with E-state index in [1.165, 1.54) is 14.2 Å². The van der Waals surface area contributed by atoms with E-state index in [1.807, 2.05) is 0 Å². The zero-order chi connectivity index (χ0) is 13.7. The highest BCUT2D eigenvalue weighted by Crippen LogP contribution is 2.40. The molecule has 1 rings (SSSR count). The minimum Gasteiger partial charge on any atom is -0.495 e. The summed E-state index contributed by atoms with van der Waals surface area (Å²) in [5.74, 6) is 0.0915. The fraction of sp³-hybridized carbons (Fsp3) is 0.417. The van der Waals surface area contributed by atoms with Gasteiger partial charge < -0.3 is 19.7 Å². The van der Waals surface area contributed by atoms with Crippen molar-refractivity contribution in [2.45, 2.75) is 18.9 Å². The highest BCUT2D eigenvalue weighted by molar-refractivity contribution is 9.10. The summed E-state index contributed by atoms with van der Waals surface area (Å²) in [4.78, 5) is 10.5. The van der Waals surface area contributed by atoms with Gasteiger partial charge in [0.05, 0.1) is 20.3 Å². The van der Waals surface area contributed by atoms with E-state index in [9.17, 15) is 9.90 Å². The van der Waals surface area contributed by atoms with Crippen LogP contribution in [0.2, 0.25) is 0 Å². The van der Waals surface area contributed by atoms with E-state index in [0.717, 1.165) is 0 Å². The second kappa shape index (κ2) is 6.61. The van der Waals surface area contributed by atoms with Crippen LogP contribution in [0.25, 0.3) is 0 Å². The van der Waals surface area contributed by atoms with Crippen LogP contribution in [0, 0.1) is 0 Å². The van der Waals surface area contributed by atoms with E-state index < -0.39 is 12.1 Å². The van der Waals surface area contributed by atoms with Gasteiger partial charge in [0.15, 0.2) is 0 Å². The summed E-state index contributed by atoms with van der Waals surface area (Å²) in [5.41, 5.74) is 0.534. The van der Waals surface area contributed by atoms with Gasteiger partial charge in [-0.15, -0.1) is 0 Å². The monoisotopic (exact) mass is 318 g/mol. The van der Waals surface area contributed by atoms with Crippen molar-refractivity contribution in [3.8, 4) is 11.5 Å². The maximum Gasteiger partial charge on any atom is 0.303 e. The van der Waals surface area contributed by atoms with Gasteiger partial charge in [0.2, 0.25) is 0 Å². The van der Waals surface area contributed by atoms with Crippen LogP contribution in [0.5, 0.6) is 11.5 Å². The van der Waals surface area contributed by atoms with Gasteiger partial charge in [0, 0.05) is 12.0 Å². The number of aliphatic hydroxyl groups excluding tert-OH is 1. The van der Waals surface area contributed by atoms with Crippen molar-refractivity contribution in [2.24, 2.45) is 0 Å². The van der Waals surface area contributed by atoms with Gasteiger partial charge in [-0.3, -0.25) is 4.79 Å². The largest absolute Gasteiger partial charge is 0.495 e. The van der Waals surface area contributed by atoms with E-state index >= 15 is 0 Å². The molecular formula is C12H15BrO5. The Kier molecular flexibility index (Phi) is 5.43. The molecule has 1 aromatic carbocycles. The lowest BCUT2D eigenvalue weighted by Gasteiger charge is -2.17. The van der Waals surface area contributed by atoms with Gasteiger partial charge in [0.1, 0.15) is 16.0 Å². The van der Waals surface area contributed by atoms with Gasteiger partial charge in [0.25, 0.3) is 0 Å². The smallest absolute Gasteiger partial charge is 0.303 e. The molecule has 18 heavy (non-hydrogen) atoms. The van der Waals surface area contributed by atoms with Gasteiger partial charge >= 0.3 is 5.97 Å². The molecule has 1 aromatic rings. The Morgan fingerprint density at radius 2 is 2.06 bits per heavy atom. The number of aliphatic hydroxyl groups is 1. The van der Waals surface area contributed by atoms with Gasteiger partial charge in [-0.1, -0.05) is 0 Å². The first-order chi connectivity index (χ1) is 8.51. The number of carboxylic acid groups (broad SMARTS) is 1. The molecule has 0 saturated heterocycles. The highest BCUT2D eigenvalue weighted by atomic mass is 79.9. The van der Waals surface area contributed by atoms with E-state index in [-0.39, 0.29) is 12.8 Å². The molecule has 1 atom stereocenters. The first kappa shape index (κ1) is 14.8. The molecule has 0 aliphatic carbocycles. The van der Waals surface area contributed by atoms with Gasteiger partial charge in [-0.2, -0.15) is 0 Å². The number of rotatable bonds is 6. The Balaban J connectivity index is 3.01. The zero-order valence-corrected chi connectivity index (χ0v) is 11.7. The molecule has 0 aromatic heterocycles. The van der Waals surface area contributed by atoms with Crippen molar-refractivity contribution >= 4 is 21.9 Å². The minimum atomic E-state index is -0.944. The first-order valence-electron chi connectivity index (χ1n) is 5.31. The van der Waals surface area contributed by atoms with Gasteiger partial charge in [-0.05, 0) is 34.5 Å². The number of carboxylic acids is 1. The summed E-state index contributed by atoms with van der Waals surface area (Å²) in [6.07, 6.45) is -0.864. The summed E-state index contributed by atoms with van der Waals surface area (Å²) in [6.45, 7) is 0. The lowest BCUT2D eigenvalue weighted by Crippen LogP contribution is -2.05. The fourth-order valence-corrected chi connectivity index (χ4v) is 2.28. The summed E-state index contributed by atoms with van der Waals surface area (Å²) in [6, 6.07) is 3.35. The van der Waals surface area contributed by atoms with Crippen LogP contribution in [-0.4, -0.2) is 30.4 Å². The molecule has 0 spiro atoms. The average Bonchev–Trinajstić information content (AvgIpc) is 2.35. The third-order valence-electron chi connectivity index (χ3n) is 2.51. The van der Waals surface area contributed by atoms with E-state index in [0.29, 0.717) is 21.5 Å². The predicted molar refractivity (Wildman–Crippen MR) is 69.1 cm³/mol. The molecule has 0 radical (unpaired) electrons. The minimum absolute atomic E-state index is 0.103. The Labute approximate surface area is 113 Å². The lowest BCUT2D eigenvalue weighted by atomic mass is 10.0. The van der Waals surface area contributed by atoms with Crippen LogP contribution < -0.4 is 9.47 Å². The normalized spacial score (nSPS) is 12.0. The molecule has 100 valence electrons. The maximum atomic E-state index is 10.5. The van der Waals surface area contributed by atoms with Crippen LogP contribution in [0.4, 0.5) is 0 Å². The predicted octanol–water partition coefficient (Wildman–Crippen LogP) is 2.36. The van der Waals surface area contributed by atoms with Crippen molar-refractivity contribution in [3.05, 3.63) is 22.2 Å². The second-order valence-electron chi connectivity index (χ2n) is 3.65. The third kappa shape index (κ3) is 3.36. The van der Waals surface area contributed by atoms with Crippen LogP contribution >= 0.6 is 15.9 Å². The molecule has 5 nitrogen and oxygen atoms in total. The van der Waals surface area contributed by atoms with Crippen LogP contribution in [0.3, 0.4) is 0 Å². The molecule has 0 aliphatic rings. The summed E-state index contributed by atoms with van der Waals surface area (Å²) in [7, 11) is 3.01. The number of carbonyl (C=O) groups is 1. The molecule has 1 unspecified atom stereocenters. The van der Waals surface area contributed by atoms with Crippen molar-refractivity contribution < 1.29 is 24.5 Å². The molecule has 0 aliphatic heterocycles. The number of ether oxygens (including phenoxy) is 2. The van der Waals surface area contributed by atoms with E-state index in [4.69, 9.17) is 14.6 Å². The molecule has 0 saturated carbocycles. The van der Waals surface area contributed by atoms with Crippen molar-refractivity contribution in [3.63, 3.8) is 0 Å². The number of aliphatic carboxylic acids is 1. The van der Waals surface area contributed by atoms with Crippen molar-refractivity contribution in [1.82, 2.24) is 0 Å². The molecule has 6 heteroatoms. The van der Waals surface area contributed by atoms with E-state index in [2.05, 4.69) is 15.9 Å². The lowest BCUT2D eigenvalue weighted by molar-refractivity contribution is -0.137. The molecular weight excluding hydrogens is 304 g/mol. The SMILES string of the molecule is COc1ccc(C(O)CCC(=O)O)c(OC)c1Br. The Morgan fingerprint density at radius 3 is 2.56 bits per heavy atom. The molecule has 0 amide bonds. The zero-order valence-electron chi connectivity index (χ0n) is 10.1. The average molecular weight is 319 g/mol. The second-order valence-corrected chi connectivity index (χ2v) is 4.45. The van der Waals surface area contributed by atoms with Gasteiger partial charge in [-0.25, -0.2) is 0 Å². The summed E-state index contributed by atoms with van der Waals surface area (Å²) >= 11 is 3.32. The standard InChI is InChI=1S/C12H15BrO5/c1-17-9-5-3-7(12(18-2)11(9)13)8(14)4-6-10(15)16/h3,5,8,14H,4,6H2,1-2H3,(H,15,16). The maximum absolute atomic E-state index is 10.5. The molecule has 0 bridgehead atoms. The summed E-state index contributed by atoms with van der Waals surface area (Å²) < 4.78 is 10.9. The first-order valence-corrected chi connectivity index (χ1v) is 6.10. The fourth-order valence-electron chi connectivity index (χ4n) is 1.60. The number of methoxy groups -OCH3 is 2.